The number of rotatable bonds is 2. The summed E-state index contributed by atoms with van der Waals surface area (Å²) in [5, 5.41) is 0. The second kappa shape index (κ2) is 3.49. The molecule has 14 heavy (non-hydrogen) atoms. The van der Waals surface area contributed by atoms with Gasteiger partial charge in [0.05, 0.1) is 13.2 Å². The number of likely N-dealkylation sites (tertiary alicyclic amines) is 1. The summed E-state index contributed by atoms with van der Waals surface area (Å²) in [6, 6.07) is 0. The fraction of sp³-hybridized carbons (Fsp3) is 1.00. The minimum absolute atomic E-state index is 0.853. The third-order valence-corrected chi connectivity index (χ3v) is 4.29. The van der Waals surface area contributed by atoms with Crippen molar-refractivity contribution in [3.05, 3.63) is 0 Å². The summed E-state index contributed by atoms with van der Waals surface area (Å²) in [6.45, 7) is 8.52. The first-order chi connectivity index (χ1) is 6.81. The van der Waals surface area contributed by atoms with Crippen LogP contribution < -0.4 is 0 Å². The van der Waals surface area contributed by atoms with Gasteiger partial charge >= 0.3 is 0 Å². The Labute approximate surface area is 86.6 Å². The maximum Gasteiger partial charge on any atom is 0.0528 e. The van der Waals surface area contributed by atoms with Crippen molar-refractivity contribution in [1.29, 1.82) is 0 Å². The molecule has 0 aromatic heterocycles. The lowest BCUT2D eigenvalue weighted by Crippen LogP contribution is -2.38. The third-order valence-electron chi connectivity index (χ3n) is 4.29. The predicted octanol–water partition coefficient (Wildman–Crippen LogP) is 1.61. The van der Waals surface area contributed by atoms with Crippen molar-refractivity contribution in [3.8, 4) is 0 Å². The average molecular weight is 195 g/mol. The van der Waals surface area contributed by atoms with Gasteiger partial charge < -0.3 is 9.64 Å². The Bertz CT molecular complexity index is 200. The van der Waals surface area contributed by atoms with Gasteiger partial charge in [0, 0.05) is 25.6 Å². The lowest BCUT2D eigenvalue weighted by atomic mass is 10.0. The van der Waals surface area contributed by atoms with Crippen molar-refractivity contribution >= 4 is 0 Å². The summed E-state index contributed by atoms with van der Waals surface area (Å²) in [6.07, 6.45) is 2.98. The zero-order valence-corrected chi connectivity index (χ0v) is 9.11. The molecule has 3 fully saturated rings. The van der Waals surface area contributed by atoms with E-state index in [4.69, 9.17) is 4.74 Å². The van der Waals surface area contributed by atoms with E-state index >= 15 is 0 Å². The van der Waals surface area contributed by atoms with Crippen LogP contribution in [0.2, 0.25) is 0 Å². The van der Waals surface area contributed by atoms with Gasteiger partial charge in [-0.1, -0.05) is 6.92 Å². The van der Waals surface area contributed by atoms with Crippen LogP contribution in [0.25, 0.3) is 0 Å². The molecule has 0 amide bonds. The molecule has 0 radical (unpaired) electrons. The van der Waals surface area contributed by atoms with E-state index in [0.717, 1.165) is 36.9 Å². The van der Waals surface area contributed by atoms with Gasteiger partial charge in [-0.3, -0.25) is 0 Å². The smallest absolute Gasteiger partial charge is 0.0528 e. The van der Waals surface area contributed by atoms with Gasteiger partial charge in [0.1, 0.15) is 0 Å². The average Bonchev–Trinajstić information content (AvgIpc) is 2.53. The zero-order chi connectivity index (χ0) is 9.54. The minimum Gasteiger partial charge on any atom is -0.381 e. The maximum atomic E-state index is 5.23. The summed E-state index contributed by atoms with van der Waals surface area (Å²) < 4.78 is 5.23. The van der Waals surface area contributed by atoms with Crippen LogP contribution in [0.4, 0.5) is 0 Å². The van der Waals surface area contributed by atoms with Crippen molar-refractivity contribution in [2.45, 2.75) is 19.8 Å². The molecule has 2 aliphatic heterocycles. The topological polar surface area (TPSA) is 12.5 Å². The molecule has 0 aromatic rings. The van der Waals surface area contributed by atoms with E-state index in [1.54, 1.807) is 0 Å². The van der Waals surface area contributed by atoms with Crippen molar-refractivity contribution in [1.82, 2.24) is 4.90 Å². The van der Waals surface area contributed by atoms with Crippen molar-refractivity contribution in [2.75, 3.05) is 32.8 Å². The first kappa shape index (κ1) is 9.17. The highest BCUT2D eigenvalue weighted by molar-refractivity contribution is 4.91. The third kappa shape index (κ3) is 1.59. The van der Waals surface area contributed by atoms with Crippen molar-refractivity contribution in [3.63, 3.8) is 0 Å². The van der Waals surface area contributed by atoms with Crippen LogP contribution in [0.1, 0.15) is 19.8 Å². The number of nitrogens with zero attached hydrogens (tertiary/aromatic N) is 1. The number of hydrogen-bond acceptors (Lipinski definition) is 2. The Kier molecular flexibility index (Phi) is 2.29. The van der Waals surface area contributed by atoms with Gasteiger partial charge in [-0.25, -0.2) is 0 Å². The Morgan fingerprint density at radius 2 is 1.79 bits per heavy atom. The largest absolute Gasteiger partial charge is 0.381 e. The molecule has 0 N–H and O–H groups in total. The molecule has 80 valence electrons. The second-order valence-electron chi connectivity index (χ2n) is 5.72. The van der Waals surface area contributed by atoms with Crippen LogP contribution in [-0.4, -0.2) is 37.7 Å². The monoisotopic (exact) mass is 195 g/mol. The van der Waals surface area contributed by atoms with E-state index in [2.05, 4.69) is 11.8 Å². The molecule has 1 saturated carbocycles. The molecule has 0 spiro atoms. The Balaban J connectivity index is 1.51. The fourth-order valence-corrected chi connectivity index (χ4v) is 3.60. The van der Waals surface area contributed by atoms with E-state index in [0.29, 0.717) is 0 Å². The molecule has 3 atom stereocenters. The highest BCUT2D eigenvalue weighted by atomic mass is 16.5. The van der Waals surface area contributed by atoms with Crippen LogP contribution in [0.15, 0.2) is 0 Å². The number of fused-ring (bicyclic) bond motifs is 1. The Hall–Kier alpha value is -0.0800. The van der Waals surface area contributed by atoms with E-state index < -0.39 is 0 Å². The second-order valence-corrected chi connectivity index (χ2v) is 5.72. The summed E-state index contributed by atoms with van der Waals surface area (Å²) in [4.78, 5) is 2.69. The lowest BCUT2D eigenvalue weighted by molar-refractivity contribution is -0.0448. The van der Waals surface area contributed by atoms with Gasteiger partial charge in [0.2, 0.25) is 0 Å². The van der Waals surface area contributed by atoms with Crippen LogP contribution in [0, 0.1) is 23.7 Å². The van der Waals surface area contributed by atoms with Crippen molar-refractivity contribution in [2.24, 2.45) is 23.7 Å². The zero-order valence-electron chi connectivity index (χ0n) is 9.11. The van der Waals surface area contributed by atoms with E-state index in [1.807, 2.05) is 0 Å². The highest BCUT2D eigenvalue weighted by Crippen LogP contribution is 2.41. The van der Waals surface area contributed by atoms with Gasteiger partial charge in [0.15, 0.2) is 0 Å². The normalized spacial score (nSPS) is 43.9. The first-order valence-corrected chi connectivity index (χ1v) is 6.11. The summed E-state index contributed by atoms with van der Waals surface area (Å²) >= 11 is 0. The van der Waals surface area contributed by atoms with E-state index in [9.17, 15) is 0 Å². The fourth-order valence-electron chi connectivity index (χ4n) is 3.60. The predicted molar refractivity (Wildman–Crippen MR) is 56.1 cm³/mol. The minimum atomic E-state index is 0.853. The van der Waals surface area contributed by atoms with Gasteiger partial charge in [0.25, 0.3) is 0 Å². The Morgan fingerprint density at radius 3 is 2.29 bits per heavy atom. The molecule has 2 nitrogen and oxygen atoms in total. The molecule has 0 aromatic carbocycles. The number of ether oxygens (including phenoxy) is 1. The summed E-state index contributed by atoms with van der Waals surface area (Å²) in [5.41, 5.74) is 0. The molecule has 1 unspecified atom stereocenters. The quantitative estimate of drug-likeness (QED) is 0.664. The van der Waals surface area contributed by atoms with Crippen LogP contribution in [0.5, 0.6) is 0 Å². The lowest BCUT2D eigenvalue weighted by Gasteiger charge is -2.30. The number of hydrogen-bond donors (Lipinski definition) is 0. The molecule has 3 aliphatic rings. The van der Waals surface area contributed by atoms with E-state index in [1.165, 1.54) is 32.5 Å². The molecule has 2 heteroatoms. The summed E-state index contributed by atoms with van der Waals surface area (Å²) in [5.74, 6) is 3.92. The van der Waals surface area contributed by atoms with Crippen LogP contribution >= 0.6 is 0 Å². The first-order valence-electron chi connectivity index (χ1n) is 6.11. The maximum absolute atomic E-state index is 5.23. The highest BCUT2D eigenvalue weighted by Gasteiger charge is 2.39. The van der Waals surface area contributed by atoms with Gasteiger partial charge in [-0.2, -0.15) is 0 Å². The molecule has 1 aliphatic carbocycles. The molecule has 2 saturated heterocycles. The van der Waals surface area contributed by atoms with Gasteiger partial charge in [-0.15, -0.1) is 0 Å². The van der Waals surface area contributed by atoms with E-state index in [-0.39, 0.29) is 0 Å². The standard InChI is InChI=1S/C12H21NO/c1-9-2-11-5-13(6-12(11)3-9)4-10-7-14-8-10/h9-12H,2-8H2,1H3/t9?,11-,12+. The van der Waals surface area contributed by atoms with Crippen LogP contribution in [-0.2, 0) is 4.74 Å². The molecule has 3 rings (SSSR count). The van der Waals surface area contributed by atoms with Gasteiger partial charge in [-0.05, 0) is 30.6 Å². The summed E-state index contributed by atoms with van der Waals surface area (Å²) in [7, 11) is 0. The van der Waals surface area contributed by atoms with Crippen LogP contribution in [0.3, 0.4) is 0 Å². The molecule has 0 bridgehead atoms. The molecular weight excluding hydrogens is 174 g/mol. The Morgan fingerprint density at radius 1 is 1.14 bits per heavy atom. The SMILES string of the molecule is CC1C[C@@H]2CN(CC3COC3)C[C@@H]2C1. The van der Waals surface area contributed by atoms with Crippen molar-refractivity contribution < 1.29 is 4.74 Å². The molecular formula is C12H21NO. The molecule has 2 heterocycles.